The van der Waals surface area contributed by atoms with Crippen LogP contribution in [-0.2, 0) is 28.7 Å². The van der Waals surface area contributed by atoms with Gasteiger partial charge in [0.1, 0.15) is 12.1 Å². The third-order valence-electron chi connectivity index (χ3n) is 1.71. The molecule has 0 aromatic rings. The quantitative estimate of drug-likeness (QED) is 0.454. The Hall–Kier alpha value is -1.80. The number of carbonyl (C=O) groups excluding carboxylic acids is 4. The summed E-state index contributed by atoms with van der Waals surface area (Å²) in [5, 5.41) is 0. The molecule has 0 bridgehead atoms. The van der Waals surface area contributed by atoms with Gasteiger partial charge in [0.2, 0.25) is 0 Å². The van der Waals surface area contributed by atoms with Crippen LogP contribution < -0.4 is 11.5 Å². The predicted molar refractivity (Wildman–Crippen MR) is 58.7 cm³/mol. The van der Waals surface area contributed by atoms with Crippen molar-refractivity contribution in [2.45, 2.75) is 38.8 Å². The fourth-order valence-corrected chi connectivity index (χ4v) is 0.716. The predicted octanol–water partition coefficient (Wildman–Crippen LogP) is -1.40. The van der Waals surface area contributed by atoms with Gasteiger partial charge in [0.15, 0.2) is 0 Å². The minimum Gasteiger partial charge on any atom is -0.392 e. The number of carbonyl (C=O) groups is 4. The van der Waals surface area contributed by atoms with Crippen LogP contribution >= 0.6 is 0 Å². The summed E-state index contributed by atoms with van der Waals surface area (Å²) in [4.78, 5) is 44.0. The monoisotopic (exact) mass is 260 g/mol. The van der Waals surface area contributed by atoms with Gasteiger partial charge in [-0.05, 0) is 13.8 Å². The minimum atomic E-state index is -0.930. The van der Waals surface area contributed by atoms with Gasteiger partial charge in [0.25, 0.3) is 0 Å². The molecule has 0 fully saturated rings. The fourth-order valence-electron chi connectivity index (χ4n) is 0.716. The standard InChI is InChI=1S/C10H16N2O6/c1-5(11)9(15)17-7(13)3-4-8(14)18-10(16)6(2)12/h5-6H,3-4,11-12H2,1-2H3. The molecule has 8 nitrogen and oxygen atoms in total. The SMILES string of the molecule is CC(N)C(=O)OC(=O)CCC(=O)OC(=O)C(C)N. The Bertz CT molecular complexity index is 316. The van der Waals surface area contributed by atoms with E-state index in [1.54, 1.807) is 0 Å². The highest BCUT2D eigenvalue weighted by Gasteiger charge is 2.18. The van der Waals surface area contributed by atoms with E-state index in [-0.39, 0.29) is 12.8 Å². The van der Waals surface area contributed by atoms with Crippen LogP contribution in [0.1, 0.15) is 26.7 Å². The number of nitrogens with two attached hydrogens (primary N) is 2. The van der Waals surface area contributed by atoms with Crippen molar-refractivity contribution >= 4 is 23.9 Å². The molecule has 0 heterocycles. The number of hydrogen-bond acceptors (Lipinski definition) is 8. The van der Waals surface area contributed by atoms with E-state index in [2.05, 4.69) is 9.47 Å². The van der Waals surface area contributed by atoms with Crippen molar-refractivity contribution in [3.63, 3.8) is 0 Å². The van der Waals surface area contributed by atoms with Crippen LogP contribution in [-0.4, -0.2) is 36.0 Å². The van der Waals surface area contributed by atoms with E-state index < -0.39 is 36.0 Å². The van der Waals surface area contributed by atoms with Gasteiger partial charge in [-0.3, -0.25) is 9.59 Å². The second-order valence-electron chi connectivity index (χ2n) is 3.66. The summed E-state index contributed by atoms with van der Waals surface area (Å²) >= 11 is 0. The Morgan fingerprint density at radius 3 is 1.33 bits per heavy atom. The van der Waals surface area contributed by atoms with Crippen LogP contribution in [0.3, 0.4) is 0 Å². The number of ether oxygens (including phenoxy) is 2. The molecule has 0 spiro atoms. The maximum absolute atomic E-state index is 11.1. The second kappa shape index (κ2) is 7.51. The van der Waals surface area contributed by atoms with Crippen LogP contribution in [0.25, 0.3) is 0 Å². The molecule has 8 heteroatoms. The lowest BCUT2D eigenvalue weighted by atomic mass is 10.3. The Morgan fingerprint density at radius 2 is 1.11 bits per heavy atom. The lowest BCUT2D eigenvalue weighted by Crippen LogP contribution is -2.32. The van der Waals surface area contributed by atoms with Gasteiger partial charge in [-0.25, -0.2) is 9.59 Å². The van der Waals surface area contributed by atoms with Gasteiger partial charge in [-0.2, -0.15) is 0 Å². The van der Waals surface area contributed by atoms with Crippen molar-refractivity contribution in [3.8, 4) is 0 Å². The Morgan fingerprint density at radius 1 is 0.833 bits per heavy atom. The lowest BCUT2D eigenvalue weighted by Gasteiger charge is -2.06. The molecule has 102 valence electrons. The van der Waals surface area contributed by atoms with Crippen LogP contribution in [0.5, 0.6) is 0 Å². The number of esters is 4. The summed E-state index contributed by atoms with van der Waals surface area (Å²) in [6.07, 6.45) is -0.771. The molecular weight excluding hydrogens is 244 g/mol. The normalized spacial score (nSPS) is 13.3. The zero-order valence-electron chi connectivity index (χ0n) is 10.2. The largest absolute Gasteiger partial charge is 0.392 e. The summed E-state index contributed by atoms with van der Waals surface area (Å²) in [5.41, 5.74) is 10.3. The Kier molecular flexibility index (Phi) is 6.76. The van der Waals surface area contributed by atoms with Gasteiger partial charge in [0, 0.05) is 0 Å². The maximum atomic E-state index is 11.1. The number of rotatable bonds is 5. The zero-order chi connectivity index (χ0) is 14.3. The molecule has 0 aliphatic heterocycles. The van der Waals surface area contributed by atoms with Crippen LogP contribution in [0.2, 0.25) is 0 Å². The second-order valence-corrected chi connectivity index (χ2v) is 3.66. The van der Waals surface area contributed by atoms with Crippen molar-refractivity contribution in [3.05, 3.63) is 0 Å². The average molecular weight is 260 g/mol. The molecule has 0 radical (unpaired) electrons. The van der Waals surface area contributed by atoms with E-state index in [0.29, 0.717) is 0 Å². The van der Waals surface area contributed by atoms with E-state index in [4.69, 9.17) is 11.5 Å². The molecule has 0 aliphatic rings. The highest BCUT2D eigenvalue weighted by atomic mass is 16.6. The average Bonchev–Trinajstić information content (AvgIpc) is 2.25. The first-order valence-corrected chi connectivity index (χ1v) is 5.24. The van der Waals surface area contributed by atoms with E-state index in [9.17, 15) is 19.2 Å². The van der Waals surface area contributed by atoms with E-state index in [0.717, 1.165) is 0 Å². The third kappa shape index (κ3) is 6.71. The molecule has 0 aliphatic carbocycles. The van der Waals surface area contributed by atoms with Crippen molar-refractivity contribution in [2.24, 2.45) is 11.5 Å². The highest BCUT2D eigenvalue weighted by Crippen LogP contribution is 1.98. The van der Waals surface area contributed by atoms with Crippen LogP contribution in [0.15, 0.2) is 0 Å². The molecule has 2 unspecified atom stereocenters. The molecule has 0 aromatic carbocycles. The minimum absolute atomic E-state index is 0.385. The van der Waals surface area contributed by atoms with Crippen LogP contribution in [0, 0.1) is 0 Å². The molecule has 2 atom stereocenters. The summed E-state index contributed by atoms with van der Waals surface area (Å²) in [6.45, 7) is 2.70. The molecule has 18 heavy (non-hydrogen) atoms. The zero-order valence-corrected chi connectivity index (χ0v) is 10.2. The topological polar surface area (TPSA) is 139 Å². The van der Waals surface area contributed by atoms with E-state index >= 15 is 0 Å². The molecule has 0 aromatic heterocycles. The fraction of sp³-hybridized carbons (Fsp3) is 0.600. The van der Waals surface area contributed by atoms with Gasteiger partial charge in [-0.15, -0.1) is 0 Å². The highest BCUT2D eigenvalue weighted by molar-refractivity contribution is 5.91. The molecule has 0 amide bonds. The maximum Gasteiger partial charge on any atom is 0.330 e. The van der Waals surface area contributed by atoms with Crippen LogP contribution in [0.4, 0.5) is 0 Å². The van der Waals surface area contributed by atoms with Crippen molar-refractivity contribution < 1.29 is 28.7 Å². The summed E-state index contributed by atoms with van der Waals surface area (Å²) in [5.74, 6) is -3.61. The first kappa shape index (κ1) is 16.2. The summed E-state index contributed by atoms with van der Waals surface area (Å²) < 4.78 is 8.59. The third-order valence-corrected chi connectivity index (χ3v) is 1.71. The molecule has 0 saturated heterocycles. The first-order chi connectivity index (χ1) is 8.23. The first-order valence-electron chi connectivity index (χ1n) is 5.24. The summed E-state index contributed by atoms with van der Waals surface area (Å²) in [6, 6.07) is -1.86. The number of hydrogen-bond donors (Lipinski definition) is 2. The van der Waals surface area contributed by atoms with Crippen molar-refractivity contribution in [1.82, 2.24) is 0 Å². The lowest BCUT2D eigenvalue weighted by molar-refractivity contribution is -0.165. The molecular formula is C10H16N2O6. The van der Waals surface area contributed by atoms with Gasteiger partial charge in [0.05, 0.1) is 12.8 Å². The van der Waals surface area contributed by atoms with Crippen molar-refractivity contribution in [2.75, 3.05) is 0 Å². The van der Waals surface area contributed by atoms with Gasteiger partial charge >= 0.3 is 23.9 Å². The summed E-state index contributed by atoms with van der Waals surface area (Å²) in [7, 11) is 0. The van der Waals surface area contributed by atoms with Crippen molar-refractivity contribution in [1.29, 1.82) is 0 Å². The van der Waals surface area contributed by atoms with Gasteiger partial charge < -0.3 is 20.9 Å². The van der Waals surface area contributed by atoms with E-state index in [1.807, 2.05) is 0 Å². The molecule has 0 rings (SSSR count). The van der Waals surface area contributed by atoms with Gasteiger partial charge in [-0.1, -0.05) is 0 Å². The Labute approximate surface area is 104 Å². The molecule has 4 N–H and O–H groups in total. The molecule has 0 saturated carbocycles. The smallest absolute Gasteiger partial charge is 0.330 e. The Balaban J connectivity index is 3.96. The van der Waals surface area contributed by atoms with E-state index in [1.165, 1.54) is 13.8 Å².